The van der Waals surface area contributed by atoms with Gasteiger partial charge in [-0.25, -0.2) is 19.0 Å². The summed E-state index contributed by atoms with van der Waals surface area (Å²) in [6.45, 7) is 5.80. The summed E-state index contributed by atoms with van der Waals surface area (Å²) >= 11 is 13.4. The highest BCUT2D eigenvalue weighted by Crippen LogP contribution is 2.41. The number of hydrogen-bond donors (Lipinski definition) is 6. The molecule has 4 aromatic carbocycles. The molecule has 344 valence electrons. The quantitative estimate of drug-likeness (QED) is 0.0734. The van der Waals surface area contributed by atoms with E-state index in [1.54, 1.807) is 47.8 Å². The second-order valence-corrected chi connectivity index (χ2v) is 16.7. The standard InChI is InChI=1S/2C24H23ClN8O/c1-14(29-24(34)20-22(27)31-33-10-5-9-28-23(20)33)16-12-18(25)17-13-32(11-8-26)30-21(17)19(16)15-6-3-2-4-7-15;1-14(30-24(34)20-22(27)31-33-10-5-9-28-23(20)33)16-12-18(25)17-13-29-32(11-8-26)21(17)19(16)15-6-3-2-4-7-15/h2-7,9-10,12-14H,8,11,26H2,1H3,(H2,27,31)(H,29,34);2-7,9-10,12-14H,8,11,26H2,1H3,(H2,27,31)(H,30,34). The Morgan fingerprint density at radius 3 is 1.69 bits per heavy atom. The number of nitrogens with two attached hydrogens (primary N) is 4. The van der Waals surface area contributed by atoms with Gasteiger partial charge < -0.3 is 33.6 Å². The van der Waals surface area contributed by atoms with Crippen molar-refractivity contribution in [2.24, 2.45) is 11.5 Å². The van der Waals surface area contributed by atoms with Crippen LogP contribution in [0.5, 0.6) is 0 Å². The summed E-state index contributed by atoms with van der Waals surface area (Å²) < 4.78 is 6.62. The molecule has 2 atom stereocenters. The van der Waals surface area contributed by atoms with Gasteiger partial charge in [-0.2, -0.15) is 10.2 Å². The van der Waals surface area contributed by atoms with E-state index in [1.807, 2.05) is 97.5 Å². The molecule has 0 aliphatic rings. The lowest BCUT2D eigenvalue weighted by molar-refractivity contribution is 0.0933. The lowest BCUT2D eigenvalue weighted by atomic mass is 9.93. The van der Waals surface area contributed by atoms with Gasteiger partial charge in [0.1, 0.15) is 16.6 Å². The van der Waals surface area contributed by atoms with Gasteiger partial charge in [0.25, 0.3) is 11.8 Å². The first-order chi connectivity index (χ1) is 33.0. The first-order valence-corrected chi connectivity index (χ1v) is 22.4. The van der Waals surface area contributed by atoms with Crippen LogP contribution in [0.4, 0.5) is 11.6 Å². The maximum atomic E-state index is 13.3. The van der Waals surface area contributed by atoms with Gasteiger partial charge in [0.05, 0.1) is 46.9 Å². The lowest BCUT2D eigenvalue weighted by Gasteiger charge is -2.21. The van der Waals surface area contributed by atoms with Crippen molar-refractivity contribution >= 4 is 79.8 Å². The number of halogens is 2. The smallest absolute Gasteiger partial charge is 0.259 e. The number of fused-ring (bicyclic) bond motifs is 4. The maximum Gasteiger partial charge on any atom is 0.259 e. The van der Waals surface area contributed by atoms with E-state index >= 15 is 0 Å². The fourth-order valence-corrected chi connectivity index (χ4v) is 8.94. The zero-order valence-corrected chi connectivity index (χ0v) is 38.4. The molecule has 0 fully saturated rings. The van der Waals surface area contributed by atoms with Gasteiger partial charge in [-0.1, -0.05) is 83.9 Å². The van der Waals surface area contributed by atoms with Gasteiger partial charge in [0.15, 0.2) is 22.9 Å². The molecule has 10 aromatic rings. The van der Waals surface area contributed by atoms with E-state index in [4.69, 9.17) is 51.2 Å². The molecule has 0 aliphatic carbocycles. The van der Waals surface area contributed by atoms with Crippen LogP contribution in [0.1, 0.15) is 57.8 Å². The molecule has 0 saturated heterocycles. The molecule has 6 heterocycles. The van der Waals surface area contributed by atoms with Crippen molar-refractivity contribution in [3.05, 3.63) is 154 Å². The summed E-state index contributed by atoms with van der Waals surface area (Å²) in [5.41, 5.74) is 32.0. The van der Waals surface area contributed by atoms with E-state index < -0.39 is 12.1 Å². The second kappa shape index (κ2) is 19.1. The Hall–Kier alpha value is -7.90. The normalized spacial score (nSPS) is 12.3. The SMILES string of the molecule is CC(NC(=O)c1c(N)nn2cccnc12)c1cc(Cl)c2cn(CCN)nc2c1-c1ccccc1.CC(NC(=O)c1c(N)nn2cccnc12)c1cc(Cl)c2cnn(CCN)c2c1-c1ccccc1. The highest BCUT2D eigenvalue weighted by molar-refractivity contribution is 6.36. The molecule has 10 rings (SSSR count). The first kappa shape index (κ1) is 45.3. The summed E-state index contributed by atoms with van der Waals surface area (Å²) in [5.74, 6) is -0.520. The Labute approximate surface area is 398 Å². The van der Waals surface area contributed by atoms with Crippen LogP contribution in [0.3, 0.4) is 0 Å². The Bertz CT molecular complexity index is 3460. The third-order valence-electron chi connectivity index (χ3n) is 11.5. The van der Waals surface area contributed by atoms with Crippen molar-refractivity contribution in [1.82, 2.24) is 59.4 Å². The summed E-state index contributed by atoms with van der Waals surface area (Å²) in [4.78, 5) is 35.1. The van der Waals surface area contributed by atoms with Gasteiger partial charge >= 0.3 is 0 Å². The molecule has 20 heteroatoms. The molecule has 68 heavy (non-hydrogen) atoms. The zero-order valence-electron chi connectivity index (χ0n) is 36.9. The van der Waals surface area contributed by atoms with E-state index in [9.17, 15) is 9.59 Å². The van der Waals surface area contributed by atoms with Crippen LogP contribution < -0.4 is 33.6 Å². The topological polar surface area (TPSA) is 258 Å². The van der Waals surface area contributed by atoms with Crippen LogP contribution in [0.25, 0.3) is 55.4 Å². The van der Waals surface area contributed by atoms with Crippen molar-refractivity contribution in [1.29, 1.82) is 0 Å². The Balaban J connectivity index is 0.000000170. The van der Waals surface area contributed by atoms with E-state index in [0.29, 0.717) is 47.5 Å². The van der Waals surface area contributed by atoms with Crippen molar-refractivity contribution in [2.45, 2.75) is 39.0 Å². The fraction of sp³-hybridized carbons (Fsp3) is 0.167. The fourth-order valence-electron chi connectivity index (χ4n) is 8.43. The number of nitrogens with zero attached hydrogens (tertiary/aromatic N) is 10. The average Bonchev–Trinajstić information content (AvgIpc) is 4.12. The van der Waals surface area contributed by atoms with E-state index in [-0.39, 0.29) is 34.6 Å². The van der Waals surface area contributed by atoms with Crippen LogP contribution >= 0.6 is 23.2 Å². The number of aromatic nitrogens is 10. The molecule has 0 saturated carbocycles. The lowest BCUT2D eigenvalue weighted by Crippen LogP contribution is -2.28. The summed E-state index contributed by atoms with van der Waals surface area (Å²) in [7, 11) is 0. The molecular formula is C48H46Cl2N16O2. The summed E-state index contributed by atoms with van der Waals surface area (Å²) in [6.07, 6.45) is 10.2. The molecule has 6 aromatic heterocycles. The van der Waals surface area contributed by atoms with Gasteiger partial charge in [0.2, 0.25) is 0 Å². The van der Waals surface area contributed by atoms with E-state index in [2.05, 4.69) is 35.9 Å². The molecule has 18 nitrogen and oxygen atoms in total. The van der Waals surface area contributed by atoms with Gasteiger partial charge in [-0.3, -0.25) is 19.0 Å². The minimum Gasteiger partial charge on any atom is -0.381 e. The van der Waals surface area contributed by atoms with Crippen LogP contribution in [0.15, 0.2) is 122 Å². The predicted molar refractivity (Wildman–Crippen MR) is 265 cm³/mol. The first-order valence-electron chi connectivity index (χ1n) is 21.6. The number of carbonyl (C=O) groups is 2. The van der Waals surface area contributed by atoms with Crippen molar-refractivity contribution < 1.29 is 9.59 Å². The molecule has 10 N–H and O–H groups in total. The number of amides is 2. The Morgan fingerprint density at radius 1 is 0.662 bits per heavy atom. The predicted octanol–water partition coefficient (Wildman–Crippen LogP) is 6.86. The monoisotopic (exact) mass is 948 g/mol. The number of hydrogen-bond acceptors (Lipinski definition) is 12. The van der Waals surface area contributed by atoms with Crippen molar-refractivity contribution in [3.63, 3.8) is 0 Å². The Kier molecular flexibility index (Phi) is 12.7. The van der Waals surface area contributed by atoms with Gasteiger partial charge in [-0.05, 0) is 60.4 Å². The third-order valence-corrected chi connectivity index (χ3v) is 12.1. The molecule has 0 radical (unpaired) electrons. The molecule has 0 spiro atoms. The minimum atomic E-state index is -0.415. The largest absolute Gasteiger partial charge is 0.381 e. The van der Waals surface area contributed by atoms with Crippen LogP contribution in [0, 0.1) is 0 Å². The number of nitrogen functional groups attached to an aromatic ring is 2. The van der Waals surface area contributed by atoms with Crippen LogP contribution in [-0.4, -0.2) is 73.7 Å². The van der Waals surface area contributed by atoms with Gasteiger partial charge in [-0.15, -0.1) is 10.2 Å². The number of carbonyl (C=O) groups excluding carboxylic acids is 2. The van der Waals surface area contributed by atoms with Gasteiger partial charge in [0, 0.05) is 66.0 Å². The molecule has 2 amide bonds. The molecular weight excluding hydrogens is 904 g/mol. The van der Waals surface area contributed by atoms with E-state index in [1.165, 1.54) is 9.03 Å². The zero-order chi connectivity index (χ0) is 47.6. The third kappa shape index (κ3) is 8.52. The highest BCUT2D eigenvalue weighted by atomic mass is 35.5. The van der Waals surface area contributed by atoms with E-state index in [0.717, 1.165) is 55.2 Å². The molecule has 0 aliphatic heterocycles. The Morgan fingerprint density at radius 2 is 1.16 bits per heavy atom. The maximum absolute atomic E-state index is 13.3. The number of nitrogens with one attached hydrogen (secondary N) is 2. The van der Waals surface area contributed by atoms with Crippen LogP contribution in [0.2, 0.25) is 10.0 Å². The summed E-state index contributed by atoms with van der Waals surface area (Å²) in [5, 5.41) is 26.5. The molecule has 0 bridgehead atoms. The second-order valence-electron chi connectivity index (χ2n) is 15.9. The molecule has 2 unspecified atom stereocenters. The highest BCUT2D eigenvalue weighted by Gasteiger charge is 2.27. The number of anilines is 2. The van der Waals surface area contributed by atoms with Crippen molar-refractivity contribution in [2.75, 3.05) is 24.6 Å². The minimum absolute atomic E-state index is 0.112. The average molecular weight is 950 g/mol. The number of benzene rings is 4. The number of rotatable bonds is 12. The van der Waals surface area contributed by atoms with Crippen LogP contribution in [-0.2, 0) is 13.1 Å². The summed E-state index contributed by atoms with van der Waals surface area (Å²) in [6, 6.07) is 26.2. The van der Waals surface area contributed by atoms with Crippen molar-refractivity contribution in [3.8, 4) is 22.3 Å².